The third-order valence-electron chi connectivity index (χ3n) is 3.93. The number of halogens is 1. The average Bonchev–Trinajstić information content (AvgIpc) is 2.34. The van der Waals surface area contributed by atoms with Gasteiger partial charge in [-0.05, 0) is 30.5 Å². The van der Waals surface area contributed by atoms with E-state index in [0.29, 0.717) is 5.75 Å². The summed E-state index contributed by atoms with van der Waals surface area (Å²) in [5.41, 5.74) is 1.35. The highest BCUT2D eigenvalue weighted by atomic mass is 35.5. The monoisotopic (exact) mass is 301 g/mol. The quantitative estimate of drug-likeness (QED) is 0.877. The first kappa shape index (κ1) is 14.8. The maximum absolute atomic E-state index is 11.5. The maximum atomic E-state index is 11.5. The van der Waals surface area contributed by atoms with Crippen LogP contribution in [0.25, 0.3) is 0 Å². The van der Waals surface area contributed by atoms with E-state index in [1.165, 1.54) is 5.56 Å². The zero-order valence-corrected chi connectivity index (χ0v) is 12.7. The molecule has 0 bridgehead atoms. The Morgan fingerprint density at radius 3 is 2.37 bits per heavy atom. The van der Waals surface area contributed by atoms with Gasteiger partial charge in [-0.15, -0.1) is 0 Å². The molecule has 0 amide bonds. The van der Waals surface area contributed by atoms with Crippen LogP contribution in [0, 0.1) is 0 Å². The van der Waals surface area contributed by atoms with Crippen LogP contribution in [-0.4, -0.2) is 33.0 Å². The molecule has 0 radical (unpaired) electrons. The van der Waals surface area contributed by atoms with Crippen molar-refractivity contribution in [2.75, 3.05) is 24.6 Å². The van der Waals surface area contributed by atoms with Gasteiger partial charge in [-0.3, -0.25) is 0 Å². The summed E-state index contributed by atoms with van der Waals surface area (Å²) in [6, 6.07) is 7.91. The summed E-state index contributed by atoms with van der Waals surface area (Å²) in [7, 11) is -2.86. The highest BCUT2D eigenvalue weighted by molar-refractivity contribution is 7.91. The van der Waals surface area contributed by atoms with Crippen molar-refractivity contribution in [3.05, 3.63) is 34.9 Å². The molecular weight excluding hydrogens is 282 g/mol. The lowest BCUT2D eigenvalue weighted by molar-refractivity contribution is 0.256. The highest BCUT2D eigenvalue weighted by Gasteiger charge is 2.38. The molecule has 1 heterocycles. The summed E-state index contributed by atoms with van der Waals surface area (Å²) in [5, 5.41) is 4.03. The molecule has 0 saturated carbocycles. The summed E-state index contributed by atoms with van der Waals surface area (Å²) in [6.45, 7) is 3.54. The first-order valence-corrected chi connectivity index (χ1v) is 8.85. The summed E-state index contributed by atoms with van der Waals surface area (Å²) in [6.07, 6.45) is 1.63. The summed E-state index contributed by atoms with van der Waals surface area (Å²) in [5.74, 6) is 0.526. The van der Waals surface area contributed by atoms with E-state index in [1.54, 1.807) is 6.92 Å². The molecule has 106 valence electrons. The SMILES string of the molecule is CCS(=O)(=O)CCCC1(c2ccc(Cl)cc2)CNC1. The minimum absolute atomic E-state index is 0.0911. The third kappa shape index (κ3) is 3.50. The second-order valence-electron chi connectivity index (χ2n) is 5.23. The van der Waals surface area contributed by atoms with Crippen molar-refractivity contribution in [3.63, 3.8) is 0 Å². The Bertz CT molecular complexity index is 521. The van der Waals surface area contributed by atoms with Gasteiger partial charge in [-0.25, -0.2) is 8.42 Å². The van der Waals surface area contributed by atoms with Crippen LogP contribution in [0.15, 0.2) is 24.3 Å². The molecule has 0 spiro atoms. The van der Waals surface area contributed by atoms with Gasteiger partial charge in [-0.2, -0.15) is 0 Å². The fraction of sp³-hybridized carbons (Fsp3) is 0.571. The van der Waals surface area contributed by atoms with Crippen LogP contribution < -0.4 is 5.32 Å². The predicted molar refractivity (Wildman–Crippen MR) is 79.6 cm³/mol. The smallest absolute Gasteiger partial charge is 0.150 e. The minimum atomic E-state index is -2.86. The van der Waals surface area contributed by atoms with Gasteiger partial charge in [0.2, 0.25) is 0 Å². The lowest BCUT2D eigenvalue weighted by Crippen LogP contribution is -2.56. The van der Waals surface area contributed by atoms with E-state index in [-0.39, 0.29) is 11.2 Å². The van der Waals surface area contributed by atoms with Crippen molar-refractivity contribution in [1.82, 2.24) is 5.32 Å². The molecule has 5 heteroatoms. The van der Waals surface area contributed by atoms with Crippen LogP contribution in [0.3, 0.4) is 0 Å². The fourth-order valence-electron chi connectivity index (χ4n) is 2.53. The lowest BCUT2D eigenvalue weighted by Gasteiger charge is -2.43. The standard InChI is InChI=1S/C14H20ClNO2S/c1-2-19(17,18)9-3-8-14(10-16-11-14)12-4-6-13(15)7-5-12/h4-7,16H,2-3,8-11H2,1H3. The molecule has 0 aliphatic carbocycles. The summed E-state index contributed by atoms with van der Waals surface area (Å²) >= 11 is 5.91. The van der Waals surface area contributed by atoms with Crippen LogP contribution in [0.2, 0.25) is 5.02 Å². The largest absolute Gasteiger partial charge is 0.315 e. The summed E-state index contributed by atoms with van der Waals surface area (Å²) < 4.78 is 23.1. The van der Waals surface area contributed by atoms with Gasteiger partial charge in [0.25, 0.3) is 0 Å². The van der Waals surface area contributed by atoms with Gasteiger partial charge in [0.1, 0.15) is 9.84 Å². The second-order valence-corrected chi connectivity index (χ2v) is 8.14. The van der Waals surface area contributed by atoms with Crippen LogP contribution in [0.5, 0.6) is 0 Å². The van der Waals surface area contributed by atoms with E-state index in [9.17, 15) is 8.42 Å². The number of rotatable bonds is 6. The minimum Gasteiger partial charge on any atom is -0.315 e. The topological polar surface area (TPSA) is 46.2 Å². The highest BCUT2D eigenvalue weighted by Crippen LogP contribution is 2.34. The Morgan fingerprint density at radius 2 is 1.89 bits per heavy atom. The Balaban J connectivity index is 2.01. The van der Waals surface area contributed by atoms with E-state index >= 15 is 0 Å². The lowest BCUT2D eigenvalue weighted by atomic mass is 9.72. The zero-order chi connectivity index (χ0) is 13.9. The first-order chi connectivity index (χ1) is 8.97. The van der Waals surface area contributed by atoms with Crippen LogP contribution in [0.4, 0.5) is 0 Å². The zero-order valence-electron chi connectivity index (χ0n) is 11.2. The molecule has 1 fully saturated rings. The average molecular weight is 302 g/mol. The third-order valence-corrected chi connectivity index (χ3v) is 5.98. The van der Waals surface area contributed by atoms with Crippen molar-refractivity contribution in [1.29, 1.82) is 0 Å². The van der Waals surface area contributed by atoms with E-state index in [0.717, 1.165) is 31.0 Å². The molecule has 0 atom stereocenters. The van der Waals surface area contributed by atoms with Gasteiger partial charge in [0, 0.05) is 29.3 Å². The Hall–Kier alpha value is -0.580. The molecule has 2 rings (SSSR count). The normalized spacial score (nSPS) is 18.0. The van der Waals surface area contributed by atoms with E-state index in [4.69, 9.17) is 11.6 Å². The molecule has 1 aliphatic heterocycles. The van der Waals surface area contributed by atoms with E-state index in [1.807, 2.05) is 12.1 Å². The molecule has 0 aromatic heterocycles. The van der Waals surface area contributed by atoms with Gasteiger partial charge in [-0.1, -0.05) is 30.7 Å². The van der Waals surface area contributed by atoms with Gasteiger partial charge < -0.3 is 5.32 Å². The number of nitrogens with one attached hydrogen (secondary N) is 1. The van der Waals surface area contributed by atoms with Crippen LogP contribution in [-0.2, 0) is 15.3 Å². The Morgan fingerprint density at radius 1 is 1.26 bits per heavy atom. The Kier molecular flexibility index (Phi) is 4.54. The number of hydrogen-bond donors (Lipinski definition) is 1. The molecule has 1 aromatic carbocycles. The predicted octanol–water partition coefficient (Wildman–Crippen LogP) is 2.40. The van der Waals surface area contributed by atoms with Crippen molar-refractivity contribution in [2.45, 2.75) is 25.2 Å². The number of sulfone groups is 1. The number of hydrogen-bond acceptors (Lipinski definition) is 3. The fourth-order valence-corrected chi connectivity index (χ4v) is 3.53. The van der Waals surface area contributed by atoms with Crippen LogP contribution >= 0.6 is 11.6 Å². The molecule has 1 aromatic rings. The van der Waals surface area contributed by atoms with E-state index < -0.39 is 9.84 Å². The number of benzene rings is 1. The van der Waals surface area contributed by atoms with Gasteiger partial charge in [0.05, 0.1) is 5.75 Å². The van der Waals surface area contributed by atoms with Crippen molar-refractivity contribution in [2.24, 2.45) is 0 Å². The maximum Gasteiger partial charge on any atom is 0.150 e. The Labute approximate surface area is 120 Å². The molecule has 1 N–H and O–H groups in total. The van der Waals surface area contributed by atoms with Gasteiger partial charge in [0.15, 0.2) is 0 Å². The van der Waals surface area contributed by atoms with Crippen LogP contribution in [0.1, 0.15) is 25.3 Å². The summed E-state index contributed by atoms with van der Waals surface area (Å²) in [4.78, 5) is 0. The molecular formula is C14H20ClNO2S. The van der Waals surface area contributed by atoms with Crippen molar-refractivity contribution >= 4 is 21.4 Å². The van der Waals surface area contributed by atoms with Gasteiger partial charge >= 0.3 is 0 Å². The first-order valence-electron chi connectivity index (χ1n) is 6.65. The van der Waals surface area contributed by atoms with E-state index in [2.05, 4.69) is 17.4 Å². The van der Waals surface area contributed by atoms with Crippen molar-refractivity contribution < 1.29 is 8.42 Å². The molecule has 3 nitrogen and oxygen atoms in total. The van der Waals surface area contributed by atoms with Crippen molar-refractivity contribution in [3.8, 4) is 0 Å². The molecule has 0 unspecified atom stereocenters. The molecule has 19 heavy (non-hydrogen) atoms. The molecule has 1 aliphatic rings. The second kappa shape index (κ2) is 5.81. The molecule has 1 saturated heterocycles.